The first kappa shape index (κ1) is 27.0. The number of anilines is 3. The lowest BCUT2D eigenvalue weighted by molar-refractivity contribution is -0.137. The van der Waals surface area contributed by atoms with E-state index in [2.05, 4.69) is 20.6 Å². The summed E-state index contributed by atoms with van der Waals surface area (Å²) in [6, 6.07) is 21.0. The Bertz CT molecular complexity index is 1300. The molecule has 0 aliphatic heterocycles. The maximum absolute atomic E-state index is 12.5. The number of benzene rings is 3. The van der Waals surface area contributed by atoms with Crippen LogP contribution in [0.25, 0.3) is 11.0 Å². The van der Waals surface area contributed by atoms with Crippen LogP contribution >= 0.6 is 0 Å². The van der Waals surface area contributed by atoms with Crippen LogP contribution < -0.4 is 10.6 Å². The van der Waals surface area contributed by atoms with Gasteiger partial charge in [0.05, 0.1) is 23.9 Å². The molecule has 1 aromatic heterocycles. The summed E-state index contributed by atoms with van der Waals surface area (Å²) in [5.74, 6) is -0.387. The zero-order chi connectivity index (χ0) is 23.4. The molecular weight excluding hydrogens is 448 g/mol. The highest BCUT2D eigenvalue weighted by atomic mass is 16.4. The van der Waals surface area contributed by atoms with E-state index < -0.39 is 5.97 Å². The van der Waals surface area contributed by atoms with Gasteiger partial charge in [-0.2, -0.15) is 0 Å². The second-order valence-electron chi connectivity index (χ2n) is 8.22. The van der Waals surface area contributed by atoms with Crippen molar-refractivity contribution in [3.8, 4) is 0 Å². The van der Waals surface area contributed by atoms with E-state index in [0.29, 0.717) is 11.6 Å². The standard InChI is InChI=1S/C26H26N4O3.2H2O/c1-16-5-3-4-6-21(16)28-26-29-22-12-7-18(14-23(22)30-26)15-24(31)27-20-10-8-19(9-11-20)17(2)13-25(32)33;;/h3-12,14,17H,13,15H2,1-2H3,(H,27,31)(H,32,33)(H2,28,29,30);2*1H2. The Morgan fingerprint density at radius 3 is 2.43 bits per heavy atom. The van der Waals surface area contributed by atoms with Crippen LogP contribution in [0.5, 0.6) is 0 Å². The van der Waals surface area contributed by atoms with Gasteiger partial charge in [0.15, 0.2) is 0 Å². The average molecular weight is 479 g/mol. The number of hydrogen-bond donors (Lipinski definition) is 4. The number of aryl methyl sites for hydroxylation is 1. The molecule has 1 unspecified atom stereocenters. The SMILES string of the molecule is Cc1ccccc1Nc1nc2ccc(CC(=O)Nc3ccc(C(C)CC(=O)O)cc3)cc2[nH]1.O.O. The van der Waals surface area contributed by atoms with Gasteiger partial charge >= 0.3 is 5.97 Å². The van der Waals surface area contributed by atoms with Crippen molar-refractivity contribution in [3.63, 3.8) is 0 Å². The van der Waals surface area contributed by atoms with Gasteiger partial charge in [-0.15, -0.1) is 0 Å². The number of nitrogens with one attached hydrogen (secondary N) is 3. The fourth-order valence-corrected chi connectivity index (χ4v) is 3.73. The van der Waals surface area contributed by atoms with Gasteiger partial charge in [-0.25, -0.2) is 4.98 Å². The van der Waals surface area contributed by atoms with E-state index in [1.807, 2.05) is 68.4 Å². The number of carboxylic acids is 1. The number of H-pyrrole nitrogens is 1. The number of carbonyl (C=O) groups excluding carboxylic acids is 1. The number of carboxylic acid groups (broad SMARTS) is 1. The van der Waals surface area contributed by atoms with Crippen molar-refractivity contribution in [2.45, 2.75) is 32.6 Å². The van der Waals surface area contributed by atoms with E-state index in [1.165, 1.54) is 0 Å². The molecule has 8 N–H and O–H groups in total. The number of para-hydroxylation sites is 1. The first-order valence-corrected chi connectivity index (χ1v) is 10.8. The molecule has 0 aliphatic rings. The Balaban J connectivity index is 0.00000216. The molecule has 9 heteroatoms. The number of hydrogen-bond acceptors (Lipinski definition) is 4. The van der Waals surface area contributed by atoms with E-state index in [-0.39, 0.29) is 35.6 Å². The van der Waals surface area contributed by atoms with Crippen molar-refractivity contribution in [1.82, 2.24) is 9.97 Å². The first-order chi connectivity index (χ1) is 15.9. The number of amides is 1. The van der Waals surface area contributed by atoms with Gasteiger partial charge in [0.1, 0.15) is 0 Å². The molecule has 1 amide bonds. The second-order valence-corrected chi connectivity index (χ2v) is 8.22. The van der Waals surface area contributed by atoms with Crippen molar-refractivity contribution < 1.29 is 25.6 Å². The summed E-state index contributed by atoms with van der Waals surface area (Å²) in [6.07, 6.45) is 0.302. The van der Waals surface area contributed by atoms with Gasteiger partial charge in [-0.05, 0) is 59.9 Å². The number of aliphatic carboxylic acids is 1. The number of aromatic amines is 1. The van der Waals surface area contributed by atoms with Crippen molar-refractivity contribution >= 4 is 40.2 Å². The Morgan fingerprint density at radius 2 is 1.74 bits per heavy atom. The van der Waals surface area contributed by atoms with Gasteiger partial charge in [-0.1, -0.05) is 43.3 Å². The maximum atomic E-state index is 12.5. The van der Waals surface area contributed by atoms with E-state index >= 15 is 0 Å². The first-order valence-electron chi connectivity index (χ1n) is 10.8. The van der Waals surface area contributed by atoms with Gasteiger partial charge in [-0.3, -0.25) is 9.59 Å². The zero-order valence-electron chi connectivity index (χ0n) is 19.6. The minimum absolute atomic E-state index is 0. The Hall–Kier alpha value is -4.21. The van der Waals surface area contributed by atoms with Gasteiger partial charge < -0.3 is 31.7 Å². The molecule has 1 heterocycles. The molecule has 1 atom stereocenters. The van der Waals surface area contributed by atoms with Crippen LogP contribution in [-0.2, 0) is 16.0 Å². The summed E-state index contributed by atoms with van der Waals surface area (Å²) in [6.45, 7) is 3.90. The van der Waals surface area contributed by atoms with Crippen molar-refractivity contribution in [2.24, 2.45) is 0 Å². The minimum Gasteiger partial charge on any atom is -0.481 e. The van der Waals surface area contributed by atoms with E-state index in [9.17, 15) is 9.59 Å². The topological polar surface area (TPSA) is 170 Å². The summed E-state index contributed by atoms with van der Waals surface area (Å²) in [5, 5.41) is 15.1. The third kappa shape index (κ3) is 6.89. The lowest BCUT2D eigenvalue weighted by Gasteiger charge is -2.11. The average Bonchev–Trinajstić information content (AvgIpc) is 3.17. The zero-order valence-corrected chi connectivity index (χ0v) is 19.6. The third-order valence-electron chi connectivity index (χ3n) is 5.55. The maximum Gasteiger partial charge on any atom is 0.303 e. The molecule has 9 nitrogen and oxygen atoms in total. The number of fused-ring (bicyclic) bond motifs is 1. The molecule has 0 aliphatic carbocycles. The molecule has 0 fully saturated rings. The predicted molar refractivity (Wildman–Crippen MR) is 137 cm³/mol. The molecule has 35 heavy (non-hydrogen) atoms. The lowest BCUT2D eigenvalue weighted by atomic mass is 9.98. The fourth-order valence-electron chi connectivity index (χ4n) is 3.73. The smallest absolute Gasteiger partial charge is 0.303 e. The largest absolute Gasteiger partial charge is 0.481 e. The van der Waals surface area contributed by atoms with Gasteiger partial charge in [0.2, 0.25) is 11.9 Å². The normalized spacial score (nSPS) is 11.1. The van der Waals surface area contributed by atoms with E-state index in [0.717, 1.165) is 33.4 Å². The lowest BCUT2D eigenvalue weighted by Crippen LogP contribution is -2.14. The summed E-state index contributed by atoms with van der Waals surface area (Å²) < 4.78 is 0. The molecule has 0 spiro atoms. The quantitative estimate of drug-likeness (QED) is 0.302. The highest BCUT2D eigenvalue weighted by Crippen LogP contribution is 2.23. The van der Waals surface area contributed by atoms with Crippen LogP contribution in [0.2, 0.25) is 0 Å². The van der Waals surface area contributed by atoms with E-state index in [4.69, 9.17) is 5.11 Å². The molecule has 184 valence electrons. The van der Waals surface area contributed by atoms with Crippen LogP contribution in [-0.4, -0.2) is 37.9 Å². The summed E-state index contributed by atoms with van der Waals surface area (Å²) in [7, 11) is 0. The fraction of sp³-hybridized carbons (Fsp3) is 0.192. The molecule has 3 aromatic carbocycles. The molecule has 4 rings (SSSR count). The highest BCUT2D eigenvalue weighted by Gasteiger charge is 2.11. The van der Waals surface area contributed by atoms with Crippen LogP contribution in [0.15, 0.2) is 66.7 Å². The number of imidazole rings is 1. The predicted octanol–water partition coefficient (Wildman–Crippen LogP) is 3.72. The second kappa shape index (κ2) is 11.8. The number of carbonyl (C=O) groups is 2. The molecule has 0 bridgehead atoms. The minimum atomic E-state index is -0.827. The highest BCUT2D eigenvalue weighted by molar-refractivity contribution is 5.93. The van der Waals surface area contributed by atoms with Crippen LogP contribution in [0, 0.1) is 6.92 Å². The Kier molecular flexibility index (Phi) is 9.10. The van der Waals surface area contributed by atoms with Crippen LogP contribution in [0.1, 0.15) is 36.0 Å². The molecule has 0 radical (unpaired) electrons. The van der Waals surface area contributed by atoms with Crippen molar-refractivity contribution in [2.75, 3.05) is 10.6 Å². The van der Waals surface area contributed by atoms with Crippen molar-refractivity contribution in [1.29, 1.82) is 0 Å². The third-order valence-corrected chi connectivity index (χ3v) is 5.55. The molecule has 4 aromatic rings. The van der Waals surface area contributed by atoms with Crippen LogP contribution in [0.4, 0.5) is 17.3 Å². The monoisotopic (exact) mass is 478 g/mol. The number of aromatic nitrogens is 2. The van der Waals surface area contributed by atoms with Crippen LogP contribution in [0.3, 0.4) is 0 Å². The van der Waals surface area contributed by atoms with E-state index in [1.54, 1.807) is 12.1 Å². The molecular formula is C26H30N4O5. The number of rotatable bonds is 8. The Morgan fingerprint density at radius 1 is 1.03 bits per heavy atom. The Labute approximate surface area is 202 Å². The van der Waals surface area contributed by atoms with Gasteiger partial charge in [0.25, 0.3) is 0 Å². The number of nitrogens with zero attached hydrogens (tertiary/aromatic N) is 1. The summed E-state index contributed by atoms with van der Waals surface area (Å²) in [4.78, 5) is 31.3. The molecule has 0 saturated heterocycles. The van der Waals surface area contributed by atoms with Gasteiger partial charge in [0, 0.05) is 11.4 Å². The molecule has 0 saturated carbocycles. The summed E-state index contributed by atoms with van der Waals surface area (Å²) in [5.41, 5.74) is 6.26. The summed E-state index contributed by atoms with van der Waals surface area (Å²) >= 11 is 0. The van der Waals surface area contributed by atoms with Crippen molar-refractivity contribution in [3.05, 3.63) is 83.4 Å².